The topological polar surface area (TPSA) is 64.3 Å². The van der Waals surface area contributed by atoms with Gasteiger partial charge in [0.15, 0.2) is 0 Å². The van der Waals surface area contributed by atoms with E-state index in [1.807, 2.05) is 25.1 Å². The monoisotopic (exact) mass is 328 g/mol. The Morgan fingerprint density at radius 3 is 2.92 bits per heavy atom. The Hall–Kier alpha value is -2.73. The summed E-state index contributed by atoms with van der Waals surface area (Å²) >= 11 is 0. The number of fused-ring (bicyclic) bond motifs is 1. The summed E-state index contributed by atoms with van der Waals surface area (Å²) in [4.78, 5) is 16.4. The molecular formula is C18H17FN2O3. The molecule has 1 atom stereocenters. The van der Waals surface area contributed by atoms with Crippen molar-refractivity contribution in [3.63, 3.8) is 0 Å². The van der Waals surface area contributed by atoms with Crippen molar-refractivity contribution in [2.24, 2.45) is 0 Å². The third kappa shape index (κ3) is 3.60. The van der Waals surface area contributed by atoms with Crippen molar-refractivity contribution in [3.8, 4) is 5.75 Å². The summed E-state index contributed by atoms with van der Waals surface area (Å²) in [7, 11) is 0. The molecule has 1 unspecified atom stereocenters. The van der Waals surface area contributed by atoms with E-state index in [2.05, 4.69) is 4.98 Å². The fraction of sp³-hybridized carbons (Fsp3) is 0.222. The smallest absolute Gasteiger partial charge is 0.261 e. The molecule has 0 saturated heterocycles. The minimum atomic E-state index is -0.872. The van der Waals surface area contributed by atoms with E-state index in [9.17, 15) is 14.3 Å². The molecule has 3 aromatic rings. The number of aromatic nitrogens is 2. The molecule has 1 heterocycles. The Bertz CT molecular complexity index is 924. The number of halogens is 1. The van der Waals surface area contributed by atoms with E-state index in [1.165, 1.54) is 29.1 Å². The zero-order valence-electron chi connectivity index (χ0n) is 13.1. The van der Waals surface area contributed by atoms with Crippen LogP contribution in [0.3, 0.4) is 0 Å². The number of benzene rings is 2. The van der Waals surface area contributed by atoms with Crippen molar-refractivity contribution >= 4 is 10.9 Å². The van der Waals surface area contributed by atoms with Crippen molar-refractivity contribution in [1.82, 2.24) is 9.55 Å². The van der Waals surface area contributed by atoms with Crippen LogP contribution in [0.4, 0.5) is 4.39 Å². The van der Waals surface area contributed by atoms with Crippen LogP contribution in [0.25, 0.3) is 10.9 Å². The van der Waals surface area contributed by atoms with Gasteiger partial charge in [-0.15, -0.1) is 0 Å². The number of hydrogen-bond donors (Lipinski definition) is 1. The molecule has 5 nitrogen and oxygen atoms in total. The maximum Gasteiger partial charge on any atom is 0.261 e. The first-order valence-corrected chi connectivity index (χ1v) is 7.55. The first-order valence-electron chi connectivity index (χ1n) is 7.55. The largest absolute Gasteiger partial charge is 0.491 e. The highest BCUT2D eigenvalue weighted by Gasteiger charge is 2.11. The fourth-order valence-corrected chi connectivity index (χ4v) is 2.44. The molecule has 0 aliphatic heterocycles. The Balaban J connectivity index is 1.71. The van der Waals surface area contributed by atoms with Crippen LogP contribution in [0.5, 0.6) is 5.75 Å². The average molecular weight is 328 g/mol. The molecule has 0 spiro atoms. The van der Waals surface area contributed by atoms with Crippen LogP contribution in [0, 0.1) is 12.7 Å². The van der Waals surface area contributed by atoms with Crippen LogP contribution in [0.2, 0.25) is 0 Å². The van der Waals surface area contributed by atoms with E-state index in [-0.39, 0.29) is 18.7 Å². The molecular weight excluding hydrogens is 311 g/mol. The lowest BCUT2D eigenvalue weighted by Crippen LogP contribution is -2.30. The summed E-state index contributed by atoms with van der Waals surface area (Å²) in [6.07, 6.45) is 0.433. The minimum Gasteiger partial charge on any atom is -0.491 e. The van der Waals surface area contributed by atoms with Gasteiger partial charge in [-0.2, -0.15) is 0 Å². The number of aliphatic hydroxyl groups is 1. The highest BCUT2D eigenvalue weighted by molar-refractivity contribution is 5.77. The fourth-order valence-electron chi connectivity index (χ4n) is 2.44. The molecule has 0 bridgehead atoms. The summed E-state index contributed by atoms with van der Waals surface area (Å²) in [5.74, 6) is 0.215. The molecule has 0 aliphatic carbocycles. The highest BCUT2D eigenvalue weighted by atomic mass is 19.1. The zero-order chi connectivity index (χ0) is 17.1. The number of aliphatic hydroxyl groups excluding tert-OH is 1. The van der Waals surface area contributed by atoms with Gasteiger partial charge in [0.25, 0.3) is 5.56 Å². The lowest BCUT2D eigenvalue weighted by atomic mass is 10.2. The summed E-state index contributed by atoms with van der Waals surface area (Å²) in [6.45, 7) is 2.05. The van der Waals surface area contributed by atoms with Crippen LogP contribution in [0.1, 0.15) is 5.56 Å². The zero-order valence-corrected chi connectivity index (χ0v) is 13.1. The van der Waals surface area contributed by atoms with Gasteiger partial charge in [-0.1, -0.05) is 12.1 Å². The number of rotatable bonds is 5. The lowest BCUT2D eigenvalue weighted by Gasteiger charge is -2.14. The van der Waals surface area contributed by atoms with Gasteiger partial charge in [0.05, 0.1) is 23.8 Å². The maximum absolute atomic E-state index is 13.2. The molecule has 0 amide bonds. The standard InChI is InChI=1S/C18H17FN2O3/c1-12-3-2-4-15(7-12)24-10-14(22)9-21-11-20-17-8-13(19)5-6-16(17)18(21)23/h2-8,11,14,22H,9-10H2,1H3. The predicted molar refractivity (Wildman–Crippen MR) is 88.6 cm³/mol. The van der Waals surface area contributed by atoms with Crippen LogP contribution >= 0.6 is 0 Å². The molecule has 24 heavy (non-hydrogen) atoms. The second-order valence-corrected chi connectivity index (χ2v) is 5.64. The van der Waals surface area contributed by atoms with Gasteiger partial charge < -0.3 is 9.84 Å². The molecule has 0 radical (unpaired) electrons. The third-order valence-corrected chi connectivity index (χ3v) is 3.63. The first-order chi connectivity index (χ1) is 11.5. The molecule has 2 aromatic carbocycles. The van der Waals surface area contributed by atoms with E-state index < -0.39 is 11.9 Å². The van der Waals surface area contributed by atoms with Crippen LogP contribution in [-0.4, -0.2) is 27.4 Å². The van der Waals surface area contributed by atoms with Gasteiger partial charge in [-0.25, -0.2) is 9.37 Å². The molecule has 1 N–H and O–H groups in total. The van der Waals surface area contributed by atoms with Crippen LogP contribution in [0.15, 0.2) is 53.6 Å². The Morgan fingerprint density at radius 2 is 2.12 bits per heavy atom. The Kier molecular flexibility index (Phi) is 4.57. The second kappa shape index (κ2) is 6.80. The van der Waals surface area contributed by atoms with Crippen LogP contribution in [-0.2, 0) is 6.54 Å². The molecule has 124 valence electrons. The maximum atomic E-state index is 13.2. The number of ether oxygens (including phenoxy) is 1. The van der Waals surface area contributed by atoms with Gasteiger partial charge in [0.2, 0.25) is 0 Å². The lowest BCUT2D eigenvalue weighted by molar-refractivity contribution is 0.0914. The van der Waals surface area contributed by atoms with Gasteiger partial charge in [0, 0.05) is 6.07 Å². The first kappa shape index (κ1) is 16.1. The predicted octanol–water partition coefficient (Wildman–Crippen LogP) is 2.28. The third-order valence-electron chi connectivity index (χ3n) is 3.63. The van der Waals surface area contributed by atoms with E-state index >= 15 is 0 Å². The van der Waals surface area contributed by atoms with Crippen molar-refractivity contribution in [3.05, 3.63) is 70.5 Å². The Morgan fingerprint density at radius 1 is 1.29 bits per heavy atom. The highest BCUT2D eigenvalue weighted by Crippen LogP contribution is 2.13. The van der Waals surface area contributed by atoms with Gasteiger partial charge in [-0.3, -0.25) is 9.36 Å². The number of hydrogen-bond acceptors (Lipinski definition) is 4. The molecule has 0 saturated carbocycles. The summed E-state index contributed by atoms with van der Waals surface area (Å²) in [5.41, 5.74) is 1.03. The van der Waals surface area contributed by atoms with Gasteiger partial charge >= 0.3 is 0 Å². The van der Waals surface area contributed by atoms with Crippen LogP contribution < -0.4 is 10.3 Å². The molecule has 6 heteroatoms. The normalized spacial score (nSPS) is 12.3. The SMILES string of the molecule is Cc1cccc(OCC(O)Cn2cnc3cc(F)ccc3c2=O)c1. The van der Waals surface area contributed by atoms with E-state index in [0.717, 1.165) is 5.56 Å². The molecule has 0 aliphatic rings. The van der Waals surface area contributed by atoms with E-state index in [0.29, 0.717) is 16.7 Å². The summed E-state index contributed by atoms with van der Waals surface area (Å²) in [5, 5.41) is 10.4. The van der Waals surface area contributed by atoms with Crippen molar-refractivity contribution in [2.45, 2.75) is 19.6 Å². The Labute approximate surface area is 138 Å². The summed E-state index contributed by atoms with van der Waals surface area (Å²) < 4.78 is 20.0. The van der Waals surface area contributed by atoms with Crippen molar-refractivity contribution < 1.29 is 14.2 Å². The summed E-state index contributed by atoms with van der Waals surface area (Å²) in [6, 6.07) is 11.3. The number of aryl methyl sites for hydroxylation is 1. The molecule has 3 rings (SSSR count). The van der Waals surface area contributed by atoms with Gasteiger partial charge in [0.1, 0.15) is 24.3 Å². The quantitative estimate of drug-likeness (QED) is 0.780. The minimum absolute atomic E-state index is 0.0466. The van der Waals surface area contributed by atoms with E-state index in [1.54, 1.807) is 6.07 Å². The number of nitrogens with zero attached hydrogens (tertiary/aromatic N) is 2. The molecule has 1 aromatic heterocycles. The van der Waals surface area contributed by atoms with Crippen molar-refractivity contribution in [1.29, 1.82) is 0 Å². The second-order valence-electron chi connectivity index (χ2n) is 5.64. The van der Waals surface area contributed by atoms with Crippen molar-refractivity contribution in [2.75, 3.05) is 6.61 Å². The van der Waals surface area contributed by atoms with E-state index in [4.69, 9.17) is 4.74 Å². The van der Waals surface area contributed by atoms with Gasteiger partial charge in [-0.05, 0) is 36.8 Å². The molecule has 0 fully saturated rings. The average Bonchev–Trinajstić information content (AvgIpc) is 2.56.